The number of fused-ring (bicyclic) bond motifs is 1. The molecule has 0 aromatic heterocycles. The fraction of sp³-hybridized carbons (Fsp3) is 0.174. The van der Waals surface area contributed by atoms with Crippen LogP contribution >= 0.6 is 0 Å². The smallest absolute Gasteiger partial charge is 0.178 e. The average molecular weight is 439 g/mol. The van der Waals surface area contributed by atoms with Crippen LogP contribution < -0.4 is 4.74 Å². The number of pyridine rings is 1. The first-order valence-corrected chi connectivity index (χ1v) is 11.4. The lowest BCUT2D eigenvalue weighted by Gasteiger charge is -2.18. The minimum Gasteiger partial charge on any atom is -0.457 e. The third kappa shape index (κ3) is 3.87. The highest BCUT2D eigenvalue weighted by Gasteiger charge is 2.22. The van der Waals surface area contributed by atoms with E-state index in [9.17, 15) is 18.7 Å². The molecule has 0 bridgehead atoms. The van der Waals surface area contributed by atoms with Gasteiger partial charge in [-0.05, 0) is 60.5 Å². The maximum absolute atomic E-state index is 12.5. The molecule has 2 heterocycles. The van der Waals surface area contributed by atoms with Gasteiger partial charge in [-0.3, -0.25) is 0 Å². The highest BCUT2D eigenvalue weighted by Crippen LogP contribution is 2.41. The number of ether oxygens (including phenoxy) is 1. The van der Waals surface area contributed by atoms with Crippen LogP contribution in [0.2, 0.25) is 0 Å². The Labute approximate surface area is 180 Å². The lowest BCUT2D eigenvalue weighted by molar-refractivity contribution is 0.180. The molecule has 31 heavy (non-hydrogen) atoms. The van der Waals surface area contributed by atoms with E-state index in [1.54, 1.807) is 68.6 Å². The van der Waals surface area contributed by atoms with Gasteiger partial charge in [0, 0.05) is 17.3 Å². The Kier molecular flexibility index (Phi) is 5.43. The van der Waals surface area contributed by atoms with Gasteiger partial charge in [0.25, 0.3) is 0 Å². The highest BCUT2D eigenvalue weighted by molar-refractivity contribution is 7.91. The van der Waals surface area contributed by atoms with Crippen molar-refractivity contribution in [1.82, 2.24) is 9.71 Å². The summed E-state index contributed by atoms with van der Waals surface area (Å²) < 4.78 is 32.2. The van der Waals surface area contributed by atoms with E-state index in [1.807, 2.05) is 0 Å². The molecule has 8 heteroatoms. The minimum atomic E-state index is -3.44. The third-order valence-electron chi connectivity index (χ3n) is 5.17. The van der Waals surface area contributed by atoms with Gasteiger partial charge in [0.05, 0.1) is 22.9 Å². The number of aliphatic hydroxyl groups excluding tert-OH is 1. The van der Waals surface area contributed by atoms with Gasteiger partial charge in [0.1, 0.15) is 11.5 Å². The quantitative estimate of drug-likeness (QED) is 0.436. The van der Waals surface area contributed by atoms with E-state index in [0.29, 0.717) is 39.7 Å². The maximum Gasteiger partial charge on any atom is 0.178 e. The third-order valence-corrected chi connectivity index (χ3v) is 6.90. The summed E-state index contributed by atoms with van der Waals surface area (Å²) in [5.41, 5.74) is 3.24. The van der Waals surface area contributed by atoms with Gasteiger partial charge >= 0.3 is 0 Å². The molecule has 0 aliphatic carbocycles. The standard InChI is InChI=1S/C23H22N2O5S/c1-3-31(28,29)18-8-9-22(30-17-6-4-16(14-26)5-7-17)21(13-18)20-12-15(2)25(27)23-19(20)10-11-24-23/h4-13,26-27H,3,14H2,1-2H3. The Morgan fingerprint density at radius 1 is 1.00 bits per heavy atom. The van der Waals surface area contributed by atoms with E-state index in [4.69, 9.17) is 4.74 Å². The Balaban J connectivity index is 1.91. The monoisotopic (exact) mass is 438 g/mol. The summed E-state index contributed by atoms with van der Waals surface area (Å²) in [4.78, 5) is 4.41. The summed E-state index contributed by atoms with van der Waals surface area (Å²) in [5.74, 6) is 1.36. The number of nitrogens with zero attached hydrogens (tertiary/aromatic N) is 2. The Bertz CT molecular complexity index is 1310. The number of hydrogen-bond acceptors (Lipinski definition) is 6. The minimum absolute atomic E-state index is 0.0208. The van der Waals surface area contributed by atoms with Crippen LogP contribution in [0.4, 0.5) is 0 Å². The average Bonchev–Trinajstić information content (AvgIpc) is 3.27. The molecule has 7 nitrogen and oxygen atoms in total. The van der Waals surface area contributed by atoms with E-state index in [2.05, 4.69) is 4.98 Å². The number of aryl methyl sites for hydroxylation is 1. The van der Waals surface area contributed by atoms with Crippen molar-refractivity contribution >= 4 is 9.84 Å². The zero-order chi connectivity index (χ0) is 22.2. The molecule has 0 radical (unpaired) electrons. The second kappa shape index (κ2) is 8.05. The lowest BCUT2D eigenvalue weighted by atomic mass is 9.98. The Morgan fingerprint density at radius 3 is 2.42 bits per heavy atom. The number of hydrogen-bond donors (Lipinski definition) is 2. The summed E-state index contributed by atoms with van der Waals surface area (Å²) >= 11 is 0. The summed E-state index contributed by atoms with van der Waals surface area (Å²) in [7, 11) is -3.44. The van der Waals surface area contributed by atoms with Crippen LogP contribution in [0.15, 0.2) is 65.7 Å². The Morgan fingerprint density at radius 2 is 1.74 bits per heavy atom. The summed E-state index contributed by atoms with van der Waals surface area (Å²) in [6.07, 6.45) is 1.58. The molecule has 0 saturated heterocycles. The molecular weight excluding hydrogens is 416 g/mol. The maximum atomic E-state index is 12.5. The molecule has 0 amide bonds. The van der Waals surface area contributed by atoms with E-state index in [1.165, 1.54) is 6.07 Å². The molecule has 2 aliphatic heterocycles. The Hall–Kier alpha value is -3.36. The number of rotatable bonds is 6. The second-order valence-electron chi connectivity index (χ2n) is 7.16. The largest absolute Gasteiger partial charge is 0.457 e. The van der Waals surface area contributed by atoms with Gasteiger partial charge in [0.2, 0.25) is 0 Å². The molecule has 0 fully saturated rings. The summed E-state index contributed by atoms with van der Waals surface area (Å²) in [5, 5.41) is 19.5. The molecule has 2 N–H and O–H groups in total. The van der Waals surface area contributed by atoms with Crippen LogP contribution in [0.25, 0.3) is 22.5 Å². The summed E-state index contributed by atoms with van der Waals surface area (Å²) in [6, 6.07) is 15.3. The topological polar surface area (TPSA) is 102 Å². The highest BCUT2D eigenvalue weighted by atomic mass is 32.2. The van der Waals surface area contributed by atoms with E-state index >= 15 is 0 Å². The first-order chi connectivity index (χ1) is 14.8. The zero-order valence-electron chi connectivity index (χ0n) is 17.1. The molecule has 0 atom stereocenters. The predicted molar refractivity (Wildman–Crippen MR) is 116 cm³/mol. The van der Waals surface area contributed by atoms with Crippen LogP contribution in [0.5, 0.6) is 11.5 Å². The summed E-state index contributed by atoms with van der Waals surface area (Å²) in [6.45, 7) is 3.27. The van der Waals surface area contributed by atoms with Gasteiger partial charge in [-0.1, -0.05) is 19.1 Å². The van der Waals surface area contributed by atoms with Crippen LogP contribution in [0, 0.1) is 6.92 Å². The predicted octanol–water partition coefficient (Wildman–Crippen LogP) is 4.28. The lowest BCUT2D eigenvalue weighted by Crippen LogP contribution is -2.06. The SMILES string of the molecule is CCS(=O)(=O)c1ccc(Oc2ccc(CO)cc2)c(-c2cc(C)n(O)c3nccc2-3)c1. The van der Waals surface area contributed by atoms with Gasteiger partial charge in [-0.2, -0.15) is 4.73 Å². The van der Waals surface area contributed by atoms with Crippen molar-refractivity contribution in [3.05, 3.63) is 72.1 Å². The molecule has 160 valence electrons. The number of aliphatic hydroxyl groups is 1. The fourth-order valence-electron chi connectivity index (χ4n) is 3.40. The number of benzene rings is 2. The van der Waals surface area contributed by atoms with E-state index < -0.39 is 9.84 Å². The van der Waals surface area contributed by atoms with Crippen molar-refractivity contribution in [2.24, 2.45) is 0 Å². The van der Waals surface area contributed by atoms with Gasteiger partial charge in [0.15, 0.2) is 15.7 Å². The van der Waals surface area contributed by atoms with Crippen molar-refractivity contribution in [3.8, 4) is 34.0 Å². The number of sulfone groups is 1. The van der Waals surface area contributed by atoms with Crippen LogP contribution in [0.3, 0.4) is 0 Å². The fourth-order valence-corrected chi connectivity index (χ4v) is 4.31. The second-order valence-corrected chi connectivity index (χ2v) is 9.44. The van der Waals surface area contributed by atoms with Gasteiger partial charge < -0.3 is 15.1 Å². The molecule has 2 aliphatic rings. The molecule has 4 rings (SSSR count). The van der Waals surface area contributed by atoms with E-state index in [0.717, 1.165) is 10.3 Å². The molecule has 2 aromatic carbocycles. The first kappa shape index (κ1) is 20.9. The van der Waals surface area contributed by atoms with Crippen molar-refractivity contribution in [3.63, 3.8) is 0 Å². The first-order valence-electron chi connectivity index (χ1n) is 9.75. The van der Waals surface area contributed by atoms with Crippen molar-refractivity contribution < 1.29 is 23.5 Å². The molecule has 2 aromatic rings. The van der Waals surface area contributed by atoms with Crippen LogP contribution in [-0.4, -0.2) is 34.2 Å². The molecular formula is C23H22N2O5S. The van der Waals surface area contributed by atoms with Crippen molar-refractivity contribution in [1.29, 1.82) is 0 Å². The van der Waals surface area contributed by atoms with E-state index in [-0.39, 0.29) is 17.3 Å². The van der Waals surface area contributed by atoms with Crippen LogP contribution in [-0.2, 0) is 16.4 Å². The van der Waals surface area contributed by atoms with Crippen molar-refractivity contribution in [2.75, 3.05) is 5.75 Å². The molecule has 0 saturated carbocycles. The van der Waals surface area contributed by atoms with Crippen molar-refractivity contribution in [2.45, 2.75) is 25.3 Å². The molecule has 0 unspecified atom stereocenters. The van der Waals surface area contributed by atoms with Gasteiger partial charge in [-0.15, -0.1) is 0 Å². The molecule has 0 spiro atoms. The van der Waals surface area contributed by atoms with Gasteiger partial charge in [-0.25, -0.2) is 13.4 Å². The number of aromatic nitrogens is 2. The normalized spacial score (nSPS) is 11.7. The van der Waals surface area contributed by atoms with Crippen LogP contribution in [0.1, 0.15) is 18.2 Å². The zero-order valence-corrected chi connectivity index (χ0v) is 17.9.